The molecule has 0 N–H and O–H groups in total. The fraction of sp³-hybridized carbons (Fsp3) is 0.692. The third-order valence-corrected chi connectivity index (χ3v) is 3.65. The molecule has 0 aromatic carbocycles. The number of fused-ring (bicyclic) bond motifs is 1. The van der Waals surface area contributed by atoms with Crippen molar-refractivity contribution in [3.63, 3.8) is 0 Å². The molecule has 2 aliphatic rings. The summed E-state index contributed by atoms with van der Waals surface area (Å²) in [6, 6.07) is 0. The van der Waals surface area contributed by atoms with Crippen molar-refractivity contribution in [2.45, 2.75) is 32.8 Å². The Kier molecular flexibility index (Phi) is 3.50. The summed E-state index contributed by atoms with van der Waals surface area (Å²) in [7, 11) is 0. The maximum Gasteiger partial charge on any atom is 0.313 e. The number of carbonyl (C=O) groups is 2. The Morgan fingerprint density at radius 2 is 2.41 bits per heavy atom. The van der Waals surface area contributed by atoms with Crippen LogP contribution in [-0.2, 0) is 19.1 Å². The van der Waals surface area contributed by atoms with Crippen molar-refractivity contribution in [2.75, 3.05) is 6.61 Å². The van der Waals surface area contributed by atoms with Crippen LogP contribution in [0.3, 0.4) is 0 Å². The molecule has 1 fully saturated rings. The summed E-state index contributed by atoms with van der Waals surface area (Å²) in [5.74, 6) is -0.698. The van der Waals surface area contributed by atoms with E-state index in [0.29, 0.717) is 0 Å². The highest BCUT2D eigenvalue weighted by Crippen LogP contribution is 2.36. The summed E-state index contributed by atoms with van der Waals surface area (Å²) >= 11 is 0. The maximum absolute atomic E-state index is 11.6. The highest BCUT2D eigenvalue weighted by Gasteiger charge is 2.45. The lowest BCUT2D eigenvalue weighted by Crippen LogP contribution is -2.25. The van der Waals surface area contributed by atoms with Crippen LogP contribution in [0.15, 0.2) is 12.2 Å². The fourth-order valence-electron chi connectivity index (χ4n) is 2.24. The first kappa shape index (κ1) is 12.1. The maximum atomic E-state index is 11.6. The summed E-state index contributed by atoms with van der Waals surface area (Å²) in [4.78, 5) is 23.1. The minimum atomic E-state index is -0.289. The van der Waals surface area contributed by atoms with Crippen LogP contribution >= 0.6 is 0 Å². The number of ether oxygens (including phenoxy) is 2. The predicted molar refractivity (Wildman–Crippen MR) is 61.0 cm³/mol. The lowest BCUT2D eigenvalue weighted by molar-refractivity contribution is -0.153. The highest BCUT2D eigenvalue weighted by molar-refractivity contribution is 5.77. The van der Waals surface area contributed by atoms with Crippen molar-refractivity contribution in [1.29, 1.82) is 0 Å². The van der Waals surface area contributed by atoms with Crippen molar-refractivity contribution >= 4 is 11.9 Å². The molecule has 4 unspecified atom stereocenters. The van der Waals surface area contributed by atoms with Crippen LogP contribution in [0.25, 0.3) is 0 Å². The van der Waals surface area contributed by atoms with Gasteiger partial charge in [-0.3, -0.25) is 9.59 Å². The Balaban J connectivity index is 1.87. The summed E-state index contributed by atoms with van der Waals surface area (Å²) in [6.45, 7) is 3.92. The van der Waals surface area contributed by atoms with Crippen molar-refractivity contribution in [1.82, 2.24) is 0 Å². The molecule has 1 saturated heterocycles. The predicted octanol–water partition coefficient (Wildman–Crippen LogP) is 1.69. The van der Waals surface area contributed by atoms with E-state index in [2.05, 4.69) is 0 Å². The molecular formula is C13H18O4. The molecule has 4 atom stereocenters. The third-order valence-electron chi connectivity index (χ3n) is 3.65. The molecule has 0 bridgehead atoms. The van der Waals surface area contributed by atoms with E-state index in [9.17, 15) is 9.59 Å². The molecule has 1 aliphatic carbocycles. The first-order chi connectivity index (χ1) is 8.13. The number of esters is 2. The molecule has 1 heterocycles. The van der Waals surface area contributed by atoms with Gasteiger partial charge in [-0.1, -0.05) is 19.9 Å². The Morgan fingerprint density at radius 1 is 1.65 bits per heavy atom. The van der Waals surface area contributed by atoms with Crippen molar-refractivity contribution in [2.24, 2.45) is 17.8 Å². The molecule has 0 spiro atoms. The van der Waals surface area contributed by atoms with Crippen molar-refractivity contribution in [3.8, 4) is 0 Å². The van der Waals surface area contributed by atoms with Gasteiger partial charge in [0.05, 0.1) is 11.8 Å². The van der Waals surface area contributed by atoms with E-state index in [1.54, 1.807) is 0 Å². The fourth-order valence-corrected chi connectivity index (χ4v) is 2.24. The Bertz CT molecular complexity index is 347. The topological polar surface area (TPSA) is 52.6 Å². The second kappa shape index (κ2) is 4.90. The molecule has 94 valence electrons. The van der Waals surface area contributed by atoms with E-state index < -0.39 is 0 Å². The summed E-state index contributed by atoms with van der Waals surface area (Å²) < 4.78 is 10.4. The smallest absolute Gasteiger partial charge is 0.313 e. The average molecular weight is 238 g/mol. The highest BCUT2D eigenvalue weighted by atomic mass is 16.6. The molecule has 4 nitrogen and oxygen atoms in total. The van der Waals surface area contributed by atoms with Crippen LogP contribution in [0, 0.1) is 17.8 Å². The van der Waals surface area contributed by atoms with Gasteiger partial charge in [0.2, 0.25) is 0 Å². The van der Waals surface area contributed by atoms with Crippen molar-refractivity contribution < 1.29 is 19.1 Å². The number of rotatable bonds is 4. The van der Waals surface area contributed by atoms with Crippen LogP contribution in [0.2, 0.25) is 0 Å². The van der Waals surface area contributed by atoms with E-state index >= 15 is 0 Å². The van der Waals surface area contributed by atoms with Gasteiger partial charge in [-0.05, 0) is 18.9 Å². The van der Waals surface area contributed by atoms with E-state index in [0.717, 1.165) is 12.8 Å². The zero-order chi connectivity index (χ0) is 12.4. The third kappa shape index (κ3) is 2.35. The number of allylic oxidation sites excluding steroid dienone is 1. The Morgan fingerprint density at radius 3 is 3.12 bits per heavy atom. The molecule has 0 aromatic rings. The van der Waals surface area contributed by atoms with Crippen molar-refractivity contribution in [3.05, 3.63) is 12.2 Å². The second-order valence-electron chi connectivity index (χ2n) is 4.78. The van der Waals surface area contributed by atoms with E-state index in [4.69, 9.17) is 9.47 Å². The molecule has 0 aromatic heterocycles. The quantitative estimate of drug-likeness (QED) is 0.552. The van der Waals surface area contributed by atoms with Gasteiger partial charge in [0.25, 0.3) is 0 Å². The zero-order valence-electron chi connectivity index (χ0n) is 10.2. The zero-order valence-corrected chi connectivity index (χ0v) is 10.2. The van der Waals surface area contributed by atoms with E-state index in [-0.39, 0.29) is 42.4 Å². The molecule has 0 saturated carbocycles. The molecular weight excluding hydrogens is 220 g/mol. The minimum Gasteiger partial charge on any atom is -0.465 e. The Hall–Kier alpha value is -1.32. The van der Waals surface area contributed by atoms with Gasteiger partial charge in [-0.2, -0.15) is 0 Å². The lowest BCUT2D eigenvalue weighted by atomic mass is 9.92. The number of hydrogen-bond acceptors (Lipinski definition) is 4. The SMILES string of the molecule is CCC(C)C(=O)OCC1C(=O)OC2C=CCC21. The average Bonchev–Trinajstić information content (AvgIpc) is 2.86. The summed E-state index contributed by atoms with van der Waals surface area (Å²) in [5, 5.41) is 0. The van der Waals surface area contributed by atoms with Gasteiger partial charge in [-0.25, -0.2) is 0 Å². The number of carbonyl (C=O) groups excluding carboxylic acids is 2. The first-order valence-electron chi connectivity index (χ1n) is 6.17. The minimum absolute atomic E-state index is 0.102. The normalized spacial score (nSPS) is 32.1. The number of hydrogen-bond donors (Lipinski definition) is 0. The Labute approximate surface area is 101 Å². The first-order valence-corrected chi connectivity index (χ1v) is 6.17. The van der Waals surface area contributed by atoms with Gasteiger partial charge in [0, 0.05) is 5.92 Å². The molecule has 17 heavy (non-hydrogen) atoms. The summed E-state index contributed by atoms with van der Waals surface area (Å²) in [6.07, 6.45) is 5.42. The van der Waals surface area contributed by atoms with Gasteiger partial charge >= 0.3 is 11.9 Å². The molecule has 0 amide bonds. The second-order valence-corrected chi connectivity index (χ2v) is 4.78. The van der Waals surface area contributed by atoms with Gasteiger partial charge in [0.15, 0.2) is 0 Å². The van der Waals surface area contributed by atoms with Crippen LogP contribution in [-0.4, -0.2) is 24.6 Å². The van der Waals surface area contributed by atoms with E-state index in [1.807, 2.05) is 26.0 Å². The molecule has 1 aliphatic heterocycles. The van der Waals surface area contributed by atoms with Gasteiger partial charge in [0.1, 0.15) is 12.7 Å². The van der Waals surface area contributed by atoms with Crippen LogP contribution in [0.4, 0.5) is 0 Å². The largest absolute Gasteiger partial charge is 0.465 e. The van der Waals surface area contributed by atoms with E-state index in [1.165, 1.54) is 0 Å². The van der Waals surface area contributed by atoms with Crippen LogP contribution in [0.1, 0.15) is 26.7 Å². The monoisotopic (exact) mass is 238 g/mol. The summed E-state index contributed by atoms with van der Waals surface area (Å²) in [5.41, 5.74) is 0. The molecule has 0 radical (unpaired) electrons. The lowest BCUT2D eigenvalue weighted by Gasteiger charge is -2.15. The van der Waals surface area contributed by atoms with Gasteiger partial charge < -0.3 is 9.47 Å². The standard InChI is InChI=1S/C13H18O4/c1-3-8(2)12(14)16-7-10-9-5-4-6-11(9)17-13(10)15/h4,6,8-11H,3,5,7H2,1-2H3. The van der Waals surface area contributed by atoms with Gasteiger partial charge in [-0.15, -0.1) is 0 Å². The molecule has 4 heteroatoms. The molecule has 2 rings (SSSR count). The van der Waals surface area contributed by atoms with Crippen LogP contribution in [0.5, 0.6) is 0 Å². The van der Waals surface area contributed by atoms with Crippen LogP contribution < -0.4 is 0 Å².